The molecule has 0 radical (unpaired) electrons. The summed E-state index contributed by atoms with van der Waals surface area (Å²) in [5.41, 5.74) is 2.46. The highest BCUT2D eigenvalue weighted by molar-refractivity contribution is 6.11. The molecule has 158 valence electrons. The zero-order valence-corrected chi connectivity index (χ0v) is 18.7. The van der Waals surface area contributed by atoms with Gasteiger partial charge < -0.3 is 0 Å². The van der Waals surface area contributed by atoms with Gasteiger partial charge in [-0.25, -0.2) is 0 Å². The Morgan fingerprint density at radius 1 is 0.324 bits per heavy atom. The van der Waals surface area contributed by atoms with E-state index in [4.69, 9.17) is 0 Å². The molecule has 7 rings (SSSR count). The molecule has 0 N–H and O–H groups in total. The van der Waals surface area contributed by atoms with E-state index in [0.717, 1.165) is 0 Å². The monoisotopic (exact) mass is 430 g/mol. The van der Waals surface area contributed by atoms with Gasteiger partial charge in [-0.3, -0.25) is 0 Å². The number of hydrogen-bond donors (Lipinski definition) is 0. The van der Waals surface area contributed by atoms with Crippen LogP contribution in [0.3, 0.4) is 0 Å². The van der Waals surface area contributed by atoms with E-state index in [-0.39, 0.29) is 0 Å². The summed E-state index contributed by atoms with van der Waals surface area (Å²) in [4.78, 5) is 0. The lowest BCUT2D eigenvalue weighted by Gasteiger charge is -2.09. The third kappa shape index (κ3) is 3.24. The van der Waals surface area contributed by atoms with E-state index in [1.165, 1.54) is 65.0 Å². The summed E-state index contributed by atoms with van der Waals surface area (Å²) in [6.45, 7) is 0. The topological polar surface area (TPSA) is 0 Å². The normalized spacial score (nSPS) is 12.0. The smallest absolute Gasteiger partial charge is 0.0105 e. The molecule has 0 heteroatoms. The van der Waals surface area contributed by atoms with Crippen molar-refractivity contribution in [2.45, 2.75) is 0 Å². The van der Waals surface area contributed by atoms with Crippen molar-refractivity contribution in [3.05, 3.63) is 132 Å². The third-order valence-corrected chi connectivity index (χ3v) is 6.90. The number of benzene rings is 7. The van der Waals surface area contributed by atoms with E-state index in [9.17, 15) is 0 Å². The fourth-order valence-electron chi connectivity index (χ4n) is 5.14. The Morgan fingerprint density at radius 2 is 0.794 bits per heavy atom. The van der Waals surface area contributed by atoms with Gasteiger partial charge in [0.15, 0.2) is 0 Å². The minimum Gasteiger partial charge on any atom is -0.0622 e. The van der Waals surface area contributed by atoms with Gasteiger partial charge >= 0.3 is 0 Å². The van der Waals surface area contributed by atoms with Crippen LogP contribution in [0.1, 0.15) is 11.1 Å². The van der Waals surface area contributed by atoms with Crippen LogP contribution in [0, 0.1) is 0 Å². The number of hydrogen-bond acceptors (Lipinski definition) is 0. The van der Waals surface area contributed by atoms with Crippen molar-refractivity contribution < 1.29 is 0 Å². The molecule has 0 bridgehead atoms. The first-order valence-electron chi connectivity index (χ1n) is 11.8. The zero-order chi connectivity index (χ0) is 22.5. The van der Waals surface area contributed by atoms with Gasteiger partial charge in [-0.2, -0.15) is 0 Å². The van der Waals surface area contributed by atoms with Crippen LogP contribution in [0.15, 0.2) is 121 Å². The fourth-order valence-corrected chi connectivity index (χ4v) is 5.14. The highest BCUT2D eigenvalue weighted by Gasteiger charge is 2.06. The molecule has 7 aromatic rings. The molecule has 0 nitrogen and oxygen atoms in total. The standard InChI is InChI=1S/C34H22/c1-2-7-23(8-3-1)13-14-24-11-6-12-27-17-30-20-31-18-28-15-25-9-4-5-10-26(25)16-29(28)19-32(31)21-33(30)22-34(24)27/h1-22H/b14-13+. The summed E-state index contributed by atoms with van der Waals surface area (Å²) in [6.07, 6.45) is 4.42. The molecule has 0 aliphatic carbocycles. The Bertz CT molecular complexity index is 1890. The van der Waals surface area contributed by atoms with Crippen LogP contribution in [-0.2, 0) is 0 Å². The van der Waals surface area contributed by atoms with Crippen molar-refractivity contribution in [1.82, 2.24) is 0 Å². The Labute approximate surface area is 198 Å². The van der Waals surface area contributed by atoms with Crippen LogP contribution < -0.4 is 0 Å². The highest BCUT2D eigenvalue weighted by atomic mass is 14.1. The third-order valence-electron chi connectivity index (χ3n) is 6.90. The molecule has 34 heavy (non-hydrogen) atoms. The minimum atomic E-state index is 1.21. The van der Waals surface area contributed by atoms with E-state index in [1.54, 1.807) is 0 Å². The Morgan fingerprint density at radius 3 is 1.41 bits per heavy atom. The zero-order valence-electron chi connectivity index (χ0n) is 18.7. The summed E-state index contributed by atoms with van der Waals surface area (Å²) in [5.74, 6) is 0. The summed E-state index contributed by atoms with van der Waals surface area (Å²) in [6, 6.07) is 44.3. The molecular formula is C34H22. The van der Waals surface area contributed by atoms with E-state index >= 15 is 0 Å². The van der Waals surface area contributed by atoms with Crippen molar-refractivity contribution in [2.24, 2.45) is 0 Å². The van der Waals surface area contributed by atoms with Crippen molar-refractivity contribution in [3.63, 3.8) is 0 Å². The van der Waals surface area contributed by atoms with Gasteiger partial charge in [0, 0.05) is 0 Å². The van der Waals surface area contributed by atoms with Gasteiger partial charge in [0.25, 0.3) is 0 Å². The predicted molar refractivity (Wildman–Crippen MR) is 149 cm³/mol. The molecule has 7 aromatic carbocycles. The molecule has 0 aliphatic heterocycles. The van der Waals surface area contributed by atoms with E-state index in [0.29, 0.717) is 0 Å². The molecule has 0 atom stereocenters. The second-order valence-electron chi connectivity index (χ2n) is 9.11. The summed E-state index contributed by atoms with van der Waals surface area (Å²) < 4.78 is 0. The minimum absolute atomic E-state index is 1.21. The van der Waals surface area contributed by atoms with Crippen molar-refractivity contribution in [1.29, 1.82) is 0 Å². The largest absolute Gasteiger partial charge is 0.0622 e. The summed E-state index contributed by atoms with van der Waals surface area (Å²) in [5, 5.41) is 12.8. The molecule has 0 unspecified atom stereocenters. The molecule has 0 aliphatic rings. The molecule has 0 amide bonds. The SMILES string of the molecule is C(=C\c1cccc2cc3cc4cc5cc6ccccc6cc5cc4cc3cc12)/c1ccccc1. The lowest BCUT2D eigenvalue weighted by molar-refractivity contribution is 1.66. The number of fused-ring (bicyclic) bond motifs is 5. The fraction of sp³-hybridized carbons (Fsp3) is 0. The molecular weight excluding hydrogens is 408 g/mol. The van der Waals surface area contributed by atoms with Crippen LogP contribution in [0.2, 0.25) is 0 Å². The van der Waals surface area contributed by atoms with Crippen LogP contribution in [-0.4, -0.2) is 0 Å². The first-order valence-corrected chi connectivity index (χ1v) is 11.8. The second kappa shape index (κ2) is 7.57. The molecule has 0 saturated carbocycles. The van der Waals surface area contributed by atoms with Crippen LogP contribution in [0.25, 0.3) is 66.0 Å². The lowest BCUT2D eigenvalue weighted by atomic mass is 9.95. The Balaban J connectivity index is 1.42. The summed E-state index contributed by atoms with van der Waals surface area (Å²) in [7, 11) is 0. The maximum absolute atomic E-state index is 2.35. The van der Waals surface area contributed by atoms with E-state index in [2.05, 4.69) is 133 Å². The van der Waals surface area contributed by atoms with Crippen LogP contribution in [0.4, 0.5) is 0 Å². The Kier molecular flexibility index (Phi) is 4.25. The second-order valence-corrected chi connectivity index (χ2v) is 9.11. The molecule has 0 fully saturated rings. The van der Waals surface area contributed by atoms with Gasteiger partial charge in [0.2, 0.25) is 0 Å². The van der Waals surface area contributed by atoms with Crippen molar-refractivity contribution in [2.75, 3.05) is 0 Å². The first-order chi connectivity index (χ1) is 16.8. The maximum atomic E-state index is 2.35. The molecule has 0 heterocycles. The molecule has 0 saturated heterocycles. The predicted octanol–water partition coefficient (Wildman–Crippen LogP) is 9.62. The van der Waals surface area contributed by atoms with E-state index < -0.39 is 0 Å². The molecule has 0 spiro atoms. The molecule has 0 aromatic heterocycles. The average molecular weight is 431 g/mol. The quantitative estimate of drug-likeness (QED) is 0.189. The van der Waals surface area contributed by atoms with Crippen molar-refractivity contribution >= 4 is 66.0 Å². The van der Waals surface area contributed by atoms with E-state index in [1.807, 2.05) is 0 Å². The van der Waals surface area contributed by atoms with Crippen molar-refractivity contribution in [3.8, 4) is 0 Å². The van der Waals surface area contributed by atoms with Gasteiger partial charge in [-0.05, 0) is 114 Å². The van der Waals surface area contributed by atoms with Gasteiger partial charge in [-0.1, -0.05) is 84.9 Å². The van der Waals surface area contributed by atoms with Crippen LogP contribution in [0.5, 0.6) is 0 Å². The highest BCUT2D eigenvalue weighted by Crippen LogP contribution is 2.33. The van der Waals surface area contributed by atoms with Crippen LogP contribution >= 0.6 is 0 Å². The average Bonchev–Trinajstić information content (AvgIpc) is 2.88. The first kappa shape index (κ1) is 19.1. The maximum Gasteiger partial charge on any atom is -0.0105 e. The number of rotatable bonds is 2. The summed E-state index contributed by atoms with van der Waals surface area (Å²) >= 11 is 0. The van der Waals surface area contributed by atoms with Gasteiger partial charge in [0.1, 0.15) is 0 Å². The Hall–Kier alpha value is -4.42. The van der Waals surface area contributed by atoms with Gasteiger partial charge in [0.05, 0.1) is 0 Å². The van der Waals surface area contributed by atoms with Gasteiger partial charge in [-0.15, -0.1) is 0 Å². The lowest BCUT2D eigenvalue weighted by Crippen LogP contribution is -1.83.